The predicted molar refractivity (Wildman–Crippen MR) is 115 cm³/mol. The van der Waals surface area contributed by atoms with Gasteiger partial charge in [0, 0.05) is 0 Å². The molecule has 1 aliphatic rings. The van der Waals surface area contributed by atoms with Crippen molar-refractivity contribution >= 4 is 17.7 Å². The van der Waals surface area contributed by atoms with Gasteiger partial charge in [-0.15, -0.1) is 5.10 Å². The fourth-order valence-corrected chi connectivity index (χ4v) is 3.82. The molecule has 0 saturated carbocycles. The topological polar surface area (TPSA) is 100 Å². The highest BCUT2D eigenvalue weighted by molar-refractivity contribution is 7.99. The van der Waals surface area contributed by atoms with Gasteiger partial charge in [-0.1, -0.05) is 30.0 Å². The van der Waals surface area contributed by atoms with Crippen LogP contribution in [-0.2, 0) is 11.3 Å². The zero-order valence-corrected chi connectivity index (χ0v) is 18.1. The lowest BCUT2D eigenvalue weighted by molar-refractivity contribution is -0.119. The number of ether oxygens (including phenoxy) is 3. The molecule has 1 amide bonds. The van der Waals surface area contributed by atoms with E-state index in [9.17, 15) is 4.79 Å². The number of amides is 1. The summed E-state index contributed by atoms with van der Waals surface area (Å²) < 4.78 is 18.0. The van der Waals surface area contributed by atoms with E-state index in [0.717, 1.165) is 22.6 Å². The maximum Gasteiger partial charge on any atom is 0.230 e. The molecule has 4 rings (SSSR count). The highest BCUT2D eigenvalue weighted by Crippen LogP contribution is 2.32. The molecule has 2 heterocycles. The normalized spacial score (nSPS) is 13.5. The van der Waals surface area contributed by atoms with Crippen LogP contribution in [0.1, 0.15) is 24.1 Å². The minimum atomic E-state index is -0.167. The zero-order chi connectivity index (χ0) is 21.6. The van der Waals surface area contributed by atoms with Crippen molar-refractivity contribution in [3.63, 3.8) is 0 Å². The standard InChI is InChI=1S/C21H23N5O4S/c1-14(16-5-8-18-19(11-16)30-10-9-29-18)22-20(27)13-31-21-23-24-25-26(21)12-15-3-6-17(28-2)7-4-15/h3-8,11,14H,9-10,12-13H2,1-2H3,(H,22,27)/t14-/m0/s1. The van der Waals surface area contributed by atoms with E-state index in [1.54, 1.807) is 11.8 Å². The van der Waals surface area contributed by atoms with Gasteiger partial charge in [-0.05, 0) is 52.7 Å². The van der Waals surface area contributed by atoms with Gasteiger partial charge in [0.1, 0.15) is 19.0 Å². The number of benzene rings is 2. The van der Waals surface area contributed by atoms with Gasteiger partial charge in [0.2, 0.25) is 11.1 Å². The Morgan fingerprint density at radius 2 is 1.97 bits per heavy atom. The van der Waals surface area contributed by atoms with Crippen LogP contribution in [0.3, 0.4) is 0 Å². The second-order valence-electron chi connectivity index (χ2n) is 6.95. The molecule has 0 fully saturated rings. The van der Waals surface area contributed by atoms with Crippen LogP contribution in [0.15, 0.2) is 47.6 Å². The van der Waals surface area contributed by atoms with Gasteiger partial charge in [-0.25, -0.2) is 4.68 Å². The summed E-state index contributed by atoms with van der Waals surface area (Å²) in [7, 11) is 1.63. The van der Waals surface area contributed by atoms with Crippen molar-refractivity contribution in [2.75, 3.05) is 26.1 Å². The number of hydrogen-bond donors (Lipinski definition) is 1. The Labute approximate surface area is 184 Å². The molecule has 0 unspecified atom stereocenters. The van der Waals surface area contributed by atoms with Crippen molar-refractivity contribution in [2.24, 2.45) is 0 Å². The third-order valence-corrected chi connectivity index (χ3v) is 5.72. The fourth-order valence-electron chi connectivity index (χ4n) is 3.13. The van der Waals surface area contributed by atoms with Crippen LogP contribution in [0.4, 0.5) is 0 Å². The molecule has 0 saturated heterocycles. The van der Waals surface area contributed by atoms with Crippen molar-refractivity contribution in [3.05, 3.63) is 53.6 Å². The van der Waals surface area contributed by atoms with Gasteiger partial charge >= 0.3 is 0 Å². The van der Waals surface area contributed by atoms with E-state index in [2.05, 4.69) is 20.8 Å². The predicted octanol–water partition coefficient (Wildman–Crippen LogP) is 2.47. The Morgan fingerprint density at radius 3 is 2.74 bits per heavy atom. The molecule has 0 radical (unpaired) electrons. The number of methoxy groups -OCH3 is 1. The molecule has 2 aromatic carbocycles. The third kappa shape index (κ3) is 5.26. The number of aromatic nitrogens is 4. The van der Waals surface area contributed by atoms with E-state index in [1.807, 2.05) is 49.4 Å². The second kappa shape index (κ2) is 9.69. The van der Waals surface area contributed by atoms with Crippen LogP contribution >= 0.6 is 11.8 Å². The molecule has 1 N–H and O–H groups in total. The van der Waals surface area contributed by atoms with E-state index >= 15 is 0 Å². The number of nitrogens with one attached hydrogen (secondary N) is 1. The van der Waals surface area contributed by atoms with Crippen molar-refractivity contribution < 1.29 is 19.0 Å². The van der Waals surface area contributed by atoms with Crippen molar-refractivity contribution in [1.82, 2.24) is 25.5 Å². The SMILES string of the molecule is COc1ccc(Cn2nnnc2SCC(=O)N[C@@H](C)c2ccc3c(c2)OCCO3)cc1. The Bertz CT molecular complexity index is 1040. The minimum absolute atomic E-state index is 0.105. The summed E-state index contributed by atoms with van der Waals surface area (Å²) in [6, 6.07) is 13.2. The molecule has 10 heteroatoms. The van der Waals surface area contributed by atoms with Crippen LogP contribution in [0.2, 0.25) is 0 Å². The van der Waals surface area contributed by atoms with E-state index < -0.39 is 0 Å². The number of carbonyl (C=O) groups is 1. The Balaban J connectivity index is 1.31. The molecule has 0 spiro atoms. The van der Waals surface area contributed by atoms with Gasteiger partial charge in [0.25, 0.3) is 0 Å². The zero-order valence-electron chi connectivity index (χ0n) is 17.3. The molecular weight excluding hydrogens is 418 g/mol. The molecule has 3 aromatic rings. The van der Waals surface area contributed by atoms with Gasteiger partial charge in [0.05, 0.1) is 25.4 Å². The number of carbonyl (C=O) groups excluding carboxylic acids is 1. The quantitative estimate of drug-likeness (QED) is 0.532. The van der Waals surface area contributed by atoms with E-state index in [-0.39, 0.29) is 17.7 Å². The summed E-state index contributed by atoms with van der Waals surface area (Å²) >= 11 is 1.29. The molecular formula is C21H23N5O4S. The van der Waals surface area contributed by atoms with E-state index in [1.165, 1.54) is 11.8 Å². The van der Waals surface area contributed by atoms with E-state index in [4.69, 9.17) is 14.2 Å². The summed E-state index contributed by atoms with van der Waals surface area (Å²) in [5.41, 5.74) is 1.98. The maximum absolute atomic E-state index is 12.5. The molecule has 1 aliphatic heterocycles. The van der Waals surface area contributed by atoms with Crippen molar-refractivity contribution in [3.8, 4) is 17.2 Å². The van der Waals surface area contributed by atoms with Crippen LogP contribution in [0, 0.1) is 0 Å². The van der Waals surface area contributed by atoms with Crippen LogP contribution in [-0.4, -0.2) is 52.2 Å². The first-order valence-electron chi connectivity index (χ1n) is 9.83. The summed E-state index contributed by atoms with van der Waals surface area (Å²) in [5.74, 6) is 2.33. The van der Waals surface area contributed by atoms with Crippen LogP contribution in [0.25, 0.3) is 0 Å². The summed E-state index contributed by atoms with van der Waals surface area (Å²) in [5, 5.41) is 15.4. The summed E-state index contributed by atoms with van der Waals surface area (Å²) in [6.45, 7) is 3.52. The van der Waals surface area contributed by atoms with Crippen molar-refractivity contribution in [1.29, 1.82) is 0 Å². The minimum Gasteiger partial charge on any atom is -0.497 e. The average Bonchev–Trinajstić information content (AvgIpc) is 3.24. The number of fused-ring (bicyclic) bond motifs is 1. The van der Waals surface area contributed by atoms with Gasteiger partial charge in [-0.3, -0.25) is 4.79 Å². The van der Waals surface area contributed by atoms with Crippen molar-refractivity contribution in [2.45, 2.75) is 24.7 Å². The summed E-state index contributed by atoms with van der Waals surface area (Å²) in [6.07, 6.45) is 0. The molecule has 0 bridgehead atoms. The van der Waals surface area contributed by atoms with E-state index in [0.29, 0.717) is 30.7 Å². The first-order chi connectivity index (χ1) is 15.1. The lowest BCUT2D eigenvalue weighted by Gasteiger charge is -2.21. The molecule has 0 aliphatic carbocycles. The lowest BCUT2D eigenvalue weighted by atomic mass is 10.1. The average molecular weight is 442 g/mol. The summed E-state index contributed by atoms with van der Waals surface area (Å²) in [4.78, 5) is 12.5. The fraction of sp³-hybridized carbons (Fsp3) is 0.333. The smallest absolute Gasteiger partial charge is 0.230 e. The number of hydrogen-bond acceptors (Lipinski definition) is 8. The van der Waals surface area contributed by atoms with Gasteiger partial charge in [-0.2, -0.15) is 0 Å². The highest BCUT2D eigenvalue weighted by atomic mass is 32.2. The number of tetrazole rings is 1. The number of nitrogens with zero attached hydrogens (tertiary/aromatic N) is 4. The molecule has 1 aromatic heterocycles. The second-order valence-corrected chi connectivity index (χ2v) is 7.89. The molecule has 1 atom stereocenters. The number of thioether (sulfide) groups is 1. The Hall–Kier alpha value is -3.27. The Kier molecular flexibility index (Phi) is 6.56. The molecule has 162 valence electrons. The molecule has 31 heavy (non-hydrogen) atoms. The third-order valence-electron chi connectivity index (χ3n) is 4.77. The lowest BCUT2D eigenvalue weighted by Crippen LogP contribution is -2.28. The number of rotatable bonds is 8. The first-order valence-corrected chi connectivity index (χ1v) is 10.8. The highest BCUT2D eigenvalue weighted by Gasteiger charge is 2.17. The van der Waals surface area contributed by atoms with Crippen LogP contribution < -0.4 is 19.5 Å². The molecule has 9 nitrogen and oxygen atoms in total. The first kappa shape index (κ1) is 21.0. The monoisotopic (exact) mass is 441 g/mol. The van der Waals surface area contributed by atoms with Gasteiger partial charge in [0.15, 0.2) is 11.5 Å². The Morgan fingerprint density at radius 1 is 1.19 bits per heavy atom. The van der Waals surface area contributed by atoms with Gasteiger partial charge < -0.3 is 19.5 Å². The largest absolute Gasteiger partial charge is 0.497 e. The maximum atomic E-state index is 12.5. The van der Waals surface area contributed by atoms with Crippen LogP contribution in [0.5, 0.6) is 17.2 Å².